The molecule has 112 valence electrons. The van der Waals surface area contributed by atoms with Crippen LogP contribution in [0.1, 0.15) is 49.7 Å². The third-order valence-electron chi connectivity index (χ3n) is 5.29. The summed E-state index contributed by atoms with van der Waals surface area (Å²) in [4.78, 5) is 0. The van der Waals surface area contributed by atoms with Crippen LogP contribution in [0.15, 0.2) is 18.2 Å². The van der Waals surface area contributed by atoms with Gasteiger partial charge >= 0.3 is 0 Å². The predicted octanol–water partition coefficient (Wildman–Crippen LogP) is 3.60. The molecule has 0 amide bonds. The Labute approximate surface area is 132 Å². The van der Waals surface area contributed by atoms with Gasteiger partial charge in [0.05, 0.1) is 5.60 Å². The molecule has 0 radical (unpaired) electrons. The van der Waals surface area contributed by atoms with Gasteiger partial charge in [-0.25, -0.2) is 0 Å². The molecule has 3 rings (SSSR count). The van der Waals surface area contributed by atoms with Crippen LogP contribution in [0.2, 0.25) is 5.02 Å². The van der Waals surface area contributed by atoms with E-state index in [1.165, 1.54) is 11.1 Å². The maximum absolute atomic E-state index is 11.2. The molecule has 20 heavy (non-hydrogen) atoms. The molecule has 0 saturated heterocycles. The molecular weight excluding hydrogens is 293 g/mol. The van der Waals surface area contributed by atoms with Gasteiger partial charge in [0.1, 0.15) is 0 Å². The summed E-state index contributed by atoms with van der Waals surface area (Å²) < 4.78 is 0. The van der Waals surface area contributed by atoms with Crippen molar-refractivity contribution in [3.05, 3.63) is 34.3 Å². The zero-order chi connectivity index (χ0) is 13.5. The molecule has 3 N–H and O–H groups in total. The number of aliphatic hydroxyl groups is 1. The number of nitrogens with two attached hydrogens (primary N) is 1. The Morgan fingerprint density at radius 3 is 2.70 bits per heavy atom. The second-order valence-corrected chi connectivity index (χ2v) is 6.54. The first-order valence-electron chi connectivity index (χ1n) is 7.33. The summed E-state index contributed by atoms with van der Waals surface area (Å²) in [6.45, 7) is 0.604. The van der Waals surface area contributed by atoms with Gasteiger partial charge in [-0.15, -0.1) is 12.4 Å². The summed E-state index contributed by atoms with van der Waals surface area (Å²) in [5, 5.41) is 12.0. The lowest BCUT2D eigenvalue weighted by Gasteiger charge is -2.55. The van der Waals surface area contributed by atoms with Crippen molar-refractivity contribution in [2.24, 2.45) is 5.73 Å². The van der Waals surface area contributed by atoms with E-state index in [1.807, 2.05) is 12.1 Å². The van der Waals surface area contributed by atoms with Crippen molar-refractivity contribution >= 4 is 24.0 Å². The van der Waals surface area contributed by atoms with Gasteiger partial charge in [0, 0.05) is 10.4 Å². The highest BCUT2D eigenvalue weighted by Gasteiger charge is 2.55. The summed E-state index contributed by atoms with van der Waals surface area (Å²) in [5.41, 5.74) is 7.55. The third kappa shape index (κ3) is 2.18. The average Bonchev–Trinajstić information content (AvgIpc) is 2.40. The van der Waals surface area contributed by atoms with Crippen molar-refractivity contribution in [3.63, 3.8) is 0 Å². The largest absolute Gasteiger partial charge is 0.389 e. The lowest BCUT2D eigenvalue weighted by Crippen LogP contribution is -2.57. The Bertz CT molecular complexity index is 489. The van der Waals surface area contributed by atoms with E-state index in [-0.39, 0.29) is 17.8 Å². The molecule has 1 fully saturated rings. The first kappa shape index (κ1) is 16.1. The van der Waals surface area contributed by atoms with Gasteiger partial charge in [0.25, 0.3) is 0 Å². The number of fused-ring (bicyclic) bond motifs is 3. The Morgan fingerprint density at radius 1 is 1.20 bits per heavy atom. The summed E-state index contributed by atoms with van der Waals surface area (Å²) in [7, 11) is 0. The first-order valence-corrected chi connectivity index (χ1v) is 7.71. The van der Waals surface area contributed by atoms with Crippen LogP contribution >= 0.6 is 24.0 Å². The summed E-state index contributed by atoms with van der Waals surface area (Å²) in [6, 6.07) is 6.14. The number of aryl methyl sites for hydroxylation is 1. The molecule has 1 aromatic carbocycles. The molecule has 0 aliphatic heterocycles. The van der Waals surface area contributed by atoms with Crippen molar-refractivity contribution in [3.8, 4) is 0 Å². The molecule has 4 heteroatoms. The van der Waals surface area contributed by atoms with Gasteiger partial charge in [0.2, 0.25) is 0 Å². The van der Waals surface area contributed by atoms with Crippen LogP contribution in [-0.4, -0.2) is 17.3 Å². The van der Waals surface area contributed by atoms with Crippen LogP contribution in [0.3, 0.4) is 0 Å². The van der Waals surface area contributed by atoms with Crippen LogP contribution in [-0.2, 0) is 11.8 Å². The van der Waals surface area contributed by atoms with Crippen LogP contribution in [0, 0.1) is 0 Å². The predicted molar refractivity (Wildman–Crippen MR) is 85.8 cm³/mol. The third-order valence-corrected chi connectivity index (χ3v) is 5.61. The van der Waals surface area contributed by atoms with Crippen LogP contribution < -0.4 is 5.73 Å². The molecule has 0 bridgehead atoms. The average molecular weight is 316 g/mol. The van der Waals surface area contributed by atoms with Gasteiger partial charge in [-0.2, -0.15) is 0 Å². The van der Waals surface area contributed by atoms with Crippen molar-refractivity contribution in [2.45, 2.75) is 56.0 Å². The van der Waals surface area contributed by atoms with Gasteiger partial charge in [-0.3, -0.25) is 0 Å². The summed E-state index contributed by atoms with van der Waals surface area (Å²) >= 11 is 6.50. The highest BCUT2D eigenvalue weighted by Crippen LogP contribution is 2.56. The SMILES string of the molecule is Cl.NCCC12CCCCC1(O)CCc1cccc(Cl)c12. The van der Waals surface area contributed by atoms with Crippen molar-refractivity contribution < 1.29 is 5.11 Å². The van der Waals surface area contributed by atoms with Crippen LogP contribution in [0.4, 0.5) is 0 Å². The number of halogens is 2. The van der Waals surface area contributed by atoms with E-state index in [4.69, 9.17) is 17.3 Å². The standard InChI is InChI=1S/C16H22ClNO.ClH/c17-13-5-3-4-12-6-9-16(19)8-2-1-7-15(16,10-11-18)14(12)13;/h3-5,19H,1-2,6-11,18H2;1H. The van der Waals surface area contributed by atoms with Crippen LogP contribution in [0.25, 0.3) is 0 Å². The smallest absolute Gasteiger partial charge is 0.0748 e. The number of hydrogen-bond donors (Lipinski definition) is 2. The minimum atomic E-state index is -0.609. The quantitative estimate of drug-likeness (QED) is 0.876. The van der Waals surface area contributed by atoms with Gasteiger partial charge < -0.3 is 10.8 Å². The fourth-order valence-electron chi connectivity index (χ4n) is 4.42. The zero-order valence-electron chi connectivity index (χ0n) is 11.7. The highest BCUT2D eigenvalue weighted by atomic mass is 35.5. The van der Waals surface area contributed by atoms with E-state index in [1.54, 1.807) is 0 Å². The molecule has 1 saturated carbocycles. The number of rotatable bonds is 2. The molecule has 0 aromatic heterocycles. The lowest BCUT2D eigenvalue weighted by molar-refractivity contribution is -0.0861. The Balaban J connectivity index is 0.00000147. The van der Waals surface area contributed by atoms with Gasteiger partial charge in [0.15, 0.2) is 0 Å². The second-order valence-electron chi connectivity index (χ2n) is 6.13. The van der Waals surface area contributed by atoms with E-state index >= 15 is 0 Å². The second kappa shape index (κ2) is 5.84. The van der Waals surface area contributed by atoms with Gasteiger partial charge in [-0.05, 0) is 55.8 Å². The fourth-order valence-corrected chi connectivity index (χ4v) is 4.80. The van der Waals surface area contributed by atoms with Crippen molar-refractivity contribution in [1.29, 1.82) is 0 Å². The first-order chi connectivity index (χ1) is 9.13. The molecule has 2 aliphatic carbocycles. The molecule has 2 nitrogen and oxygen atoms in total. The molecule has 0 heterocycles. The summed E-state index contributed by atoms with van der Waals surface area (Å²) in [5.74, 6) is 0. The number of benzene rings is 1. The zero-order valence-corrected chi connectivity index (χ0v) is 13.3. The Kier molecular flexibility index (Phi) is 4.70. The molecule has 2 atom stereocenters. The van der Waals surface area contributed by atoms with Gasteiger partial charge in [-0.1, -0.05) is 36.6 Å². The molecule has 2 unspecified atom stereocenters. The van der Waals surface area contributed by atoms with E-state index < -0.39 is 5.60 Å². The molecular formula is C16H23Cl2NO. The van der Waals surface area contributed by atoms with Crippen molar-refractivity contribution in [2.75, 3.05) is 6.54 Å². The highest BCUT2D eigenvalue weighted by molar-refractivity contribution is 6.31. The van der Waals surface area contributed by atoms with Crippen LogP contribution in [0.5, 0.6) is 0 Å². The molecule has 2 aliphatic rings. The topological polar surface area (TPSA) is 46.2 Å². The minimum Gasteiger partial charge on any atom is -0.389 e. The minimum absolute atomic E-state index is 0. The van der Waals surface area contributed by atoms with E-state index in [2.05, 4.69) is 6.07 Å². The van der Waals surface area contributed by atoms with E-state index in [0.29, 0.717) is 6.54 Å². The lowest BCUT2D eigenvalue weighted by atomic mass is 9.53. The van der Waals surface area contributed by atoms with E-state index in [9.17, 15) is 5.11 Å². The van der Waals surface area contributed by atoms with E-state index in [0.717, 1.165) is 50.0 Å². The normalized spacial score (nSPS) is 31.9. The summed E-state index contributed by atoms with van der Waals surface area (Å²) in [6.07, 6.45) is 6.78. The maximum atomic E-state index is 11.2. The maximum Gasteiger partial charge on any atom is 0.0748 e. The number of hydrogen-bond acceptors (Lipinski definition) is 2. The fraction of sp³-hybridized carbons (Fsp3) is 0.625. The van der Waals surface area contributed by atoms with Crippen molar-refractivity contribution in [1.82, 2.24) is 0 Å². The Hall–Kier alpha value is -0.280. The monoisotopic (exact) mass is 315 g/mol. The Morgan fingerprint density at radius 2 is 1.95 bits per heavy atom. The molecule has 1 aromatic rings. The molecule has 0 spiro atoms.